The molecule has 0 radical (unpaired) electrons. The van der Waals surface area contributed by atoms with E-state index in [1.807, 2.05) is 25.5 Å². The van der Waals surface area contributed by atoms with Crippen molar-refractivity contribution >= 4 is 11.9 Å². The van der Waals surface area contributed by atoms with Gasteiger partial charge in [0.15, 0.2) is 5.78 Å². The second-order valence-corrected chi connectivity index (χ2v) is 4.84. The van der Waals surface area contributed by atoms with Crippen LogP contribution in [0.15, 0.2) is 6.58 Å². The predicted octanol–water partition coefficient (Wildman–Crippen LogP) is 3.51. The molecule has 1 heterocycles. The number of Topliss-reactive ketones (excluding diaryl/α,β-unsaturated/α-hetero) is 1. The number of ketones is 1. The molecule has 3 heteroatoms. The van der Waals surface area contributed by atoms with Crippen LogP contribution in [-0.2, 0) is 6.54 Å². The molecule has 0 aliphatic carbocycles. The lowest BCUT2D eigenvalue weighted by molar-refractivity contribution is 0.0938. The second kappa shape index (κ2) is 5.30. The minimum Gasteiger partial charge on any atom is -0.294 e. The molecular formula is C14H22N2O. The Kier molecular flexibility index (Phi) is 4.27. The van der Waals surface area contributed by atoms with E-state index in [2.05, 4.69) is 25.5 Å². The van der Waals surface area contributed by atoms with E-state index in [4.69, 9.17) is 0 Å². The van der Waals surface area contributed by atoms with E-state index in [0.29, 0.717) is 0 Å². The SMILES string of the molecule is C=Cc1c(C(=O)C(C)C)c(C(C)C)nn1CC. The van der Waals surface area contributed by atoms with Crippen molar-refractivity contribution in [3.05, 3.63) is 23.5 Å². The van der Waals surface area contributed by atoms with E-state index in [1.165, 1.54) is 0 Å². The van der Waals surface area contributed by atoms with E-state index < -0.39 is 0 Å². The zero-order valence-corrected chi connectivity index (χ0v) is 11.4. The Hall–Kier alpha value is -1.38. The summed E-state index contributed by atoms with van der Waals surface area (Å²) in [4.78, 5) is 12.3. The Balaban J connectivity index is 3.46. The summed E-state index contributed by atoms with van der Waals surface area (Å²) in [5.41, 5.74) is 2.50. The van der Waals surface area contributed by atoms with Gasteiger partial charge in [-0.1, -0.05) is 34.3 Å². The maximum atomic E-state index is 12.3. The van der Waals surface area contributed by atoms with Crippen LogP contribution in [0.25, 0.3) is 6.08 Å². The highest BCUT2D eigenvalue weighted by molar-refractivity contribution is 6.01. The van der Waals surface area contributed by atoms with Crippen LogP contribution in [0.2, 0.25) is 0 Å². The van der Waals surface area contributed by atoms with Crippen molar-refractivity contribution in [1.29, 1.82) is 0 Å². The fourth-order valence-corrected chi connectivity index (χ4v) is 1.89. The zero-order chi connectivity index (χ0) is 13.2. The summed E-state index contributed by atoms with van der Waals surface area (Å²) >= 11 is 0. The van der Waals surface area contributed by atoms with Crippen molar-refractivity contribution in [3.8, 4) is 0 Å². The fourth-order valence-electron chi connectivity index (χ4n) is 1.89. The van der Waals surface area contributed by atoms with E-state index >= 15 is 0 Å². The molecule has 1 rings (SSSR count). The van der Waals surface area contributed by atoms with Crippen molar-refractivity contribution in [2.24, 2.45) is 5.92 Å². The van der Waals surface area contributed by atoms with Crippen molar-refractivity contribution in [2.75, 3.05) is 0 Å². The quantitative estimate of drug-likeness (QED) is 0.731. The molecule has 0 amide bonds. The molecule has 0 unspecified atom stereocenters. The van der Waals surface area contributed by atoms with E-state index in [-0.39, 0.29) is 17.6 Å². The maximum Gasteiger partial charge on any atom is 0.169 e. The number of hydrogen-bond donors (Lipinski definition) is 0. The molecule has 0 bridgehead atoms. The van der Waals surface area contributed by atoms with Crippen molar-refractivity contribution < 1.29 is 4.79 Å². The molecule has 0 aliphatic heterocycles. The topological polar surface area (TPSA) is 34.9 Å². The van der Waals surface area contributed by atoms with Crippen LogP contribution >= 0.6 is 0 Å². The molecule has 0 fully saturated rings. The summed E-state index contributed by atoms with van der Waals surface area (Å²) in [5, 5.41) is 4.53. The van der Waals surface area contributed by atoms with Gasteiger partial charge in [-0.2, -0.15) is 5.10 Å². The Labute approximate surface area is 104 Å². The number of aryl methyl sites for hydroxylation is 1. The smallest absolute Gasteiger partial charge is 0.169 e. The second-order valence-electron chi connectivity index (χ2n) is 4.84. The first-order chi connectivity index (χ1) is 7.93. The average Bonchev–Trinajstić information content (AvgIpc) is 2.65. The van der Waals surface area contributed by atoms with Gasteiger partial charge in [-0.25, -0.2) is 0 Å². The highest BCUT2D eigenvalue weighted by atomic mass is 16.1. The van der Waals surface area contributed by atoms with Gasteiger partial charge in [-0.3, -0.25) is 9.48 Å². The van der Waals surface area contributed by atoms with Gasteiger partial charge in [0, 0.05) is 12.5 Å². The molecule has 94 valence electrons. The number of carbonyl (C=O) groups is 1. The normalized spacial score (nSPS) is 11.2. The predicted molar refractivity (Wildman–Crippen MR) is 71.2 cm³/mol. The van der Waals surface area contributed by atoms with Gasteiger partial charge in [0.25, 0.3) is 0 Å². The monoisotopic (exact) mass is 234 g/mol. The van der Waals surface area contributed by atoms with Crippen molar-refractivity contribution in [1.82, 2.24) is 9.78 Å². The van der Waals surface area contributed by atoms with Crippen LogP contribution in [0.4, 0.5) is 0 Å². The van der Waals surface area contributed by atoms with Crippen molar-refractivity contribution in [2.45, 2.75) is 47.1 Å². The third-order valence-electron chi connectivity index (χ3n) is 2.83. The van der Waals surface area contributed by atoms with E-state index in [9.17, 15) is 4.79 Å². The van der Waals surface area contributed by atoms with Crippen molar-refractivity contribution in [3.63, 3.8) is 0 Å². The van der Waals surface area contributed by atoms with Gasteiger partial charge < -0.3 is 0 Å². The maximum absolute atomic E-state index is 12.3. The lowest BCUT2D eigenvalue weighted by Gasteiger charge is -2.08. The van der Waals surface area contributed by atoms with Gasteiger partial charge >= 0.3 is 0 Å². The summed E-state index contributed by atoms with van der Waals surface area (Å²) in [6.07, 6.45) is 1.73. The Morgan fingerprint density at radius 1 is 1.41 bits per heavy atom. The molecule has 0 atom stereocenters. The Morgan fingerprint density at radius 3 is 2.35 bits per heavy atom. The Bertz CT molecular complexity index is 428. The molecular weight excluding hydrogens is 212 g/mol. The first kappa shape index (κ1) is 13.7. The van der Waals surface area contributed by atoms with Crippen LogP contribution < -0.4 is 0 Å². The molecule has 1 aromatic heterocycles. The van der Waals surface area contributed by atoms with Gasteiger partial charge in [0.2, 0.25) is 0 Å². The van der Waals surface area contributed by atoms with Crippen LogP contribution in [-0.4, -0.2) is 15.6 Å². The summed E-state index contributed by atoms with van der Waals surface area (Å²) in [6, 6.07) is 0. The fraction of sp³-hybridized carbons (Fsp3) is 0.571. The zero-order valence-electron chi connectivity index (χ0n) is 11.4. The summed E-state index contributed by atoms with van der Waals surface area (Å²) < 4.78 is 1.86. The third-order valence-corrected chi connectivity index (χ3v) is 2.83. The van der Waals surface area contributed by atoms with Gasteiger partial charge in [0.05, 0.1) is 17.0 Å². The Morgan fingerprint density at radius 2 is 2.00 bits per heavy atom. The minimum absolute atomic E-state index is 0.0132. The first-order valence-corrected chi connectivity index (χ1v) is 6.21. The van der Waals surface area contributed by atoms with Gasteiger partial charge in [-0.05, 0) is 18.9 Å². The molecule has 1 aromatic rings. The largest absolute Gasteiger partial charge is 0.294 e. The molecule has 0 aliphatic rings. The number of carbonyl (C=O) groups excluding carboxylic acids is 1. The lowest BCUT2D eigenvalue weighted by Crippen LogP contribution is -2.11. The molecule has 0 saturated heterocycles. The number of hydrogen-bond acceptors (Lipinski definition) is 2. The van der Waals surface area contributed by atoms with Gasteiger partial charge in [-0.15, -0.1) is 0 Å². The number of nitrogens with zero attached hydrogens (tertiary/aromatic N) is 2. The van der Waals surface area contributed by atoms with E-state index in [0.717, 1.165) is 23.5 Å². The van der Waals surface area contributed by atoms with Crippen LogP contribution in [0.3, 0.4) is 0 Å². The molecule has 17 heavy (non-hydrogen) atoms. The molecule has 0 N–H and O–H groups in total. The van der Waals surface area contributed by atoms with Crippen LogP contribution in [0.1, 0.15) is 62.3 Å². The molecule has 0 saturated carbocycles. The summed E-state index contributed by atoms with van der Waals surface area (Å²) in [5.74, 6) is 0.392. The number of rotatable bonds is 5. The number of aromatic nitrogens is 2. The highest BCUT2D eigenvalue weighted by Gasteiger charge is 2.24. The molecule has 0 spiro atoms. The van der Waals surface area contributed by atoms with Gasteiger partial charge in [0.1, 0.15) is 0 Å². The summed E-state index contributed by atoms with van der Waals surface area (Å²) in [7, 11) is 0. The standard InChI is InChI=1S/C14H22N2O/c1-7-11-12(14(17)10(5)6)13(9(3)4)15-16(11)8-2/h7,9-10H,1,8H2,2-6H3. The molecule has 0 aromatic carbocycles. The van der Waals surface area contributed by atoms with E-state index in [1.54, 1.807) is 6.08 Å². The minimum atomic E-state index is -0.0132. The molecule has 3 nitrogen and oxygen atoms in total. The first-order valence-electron chi connectivity index (χ1n) is 6.21. The highest BCUT2D eigenvalue weighted by Crippen LogP contribution is 2.25. The van der Waals surface area contributed by atoms with Crippen LogP contribution in [0, 0.1) is 5.92 Å². The van der Waals surface area contributed by atoms with Crippen LogP contribution in [0.5, 0.6) is 0 Å². The summed E-state index contributed by atoms with van der Waals surface area (Å²) in [6.45, 7) is 14.5. The average molecular weight is 234 g/mol. The lowest BCUT2D eigenvalue weighted by atomic mass is 9.94. The third kappa shape index (κ3) is 2.48.